The minimum Gasteiger partial charge on any atom is -0.324 e. The second-order valence-electron chi connectivity index (χ2n) is 6.62. The Kier molecular flexibility index (Phi) is 4.74. The van der Waals surface area contributed by atoms with Crippen LogP contribution in [0, 0.1) is 0 Å². The van der Waals surface area contributed by atoms with Crippen molar-refractivity contribution in [3.05, 3.63) is 87.9 Å². The maximum atomic E-state index is 12.8. The Hall–Kier alpha value is -2.61. The zero-order valence-corrected chi connectivity index (χ0v) is 16.1. The number of hydrogen-bond donors (Lipinski definition) is 0. The lowest BCUT2D eigenvalue weighted by Gasteiger charge is -2.37. The van der Waals surface area contributed by atoms with E-state index in [0.29, 0.717) is 5.56 Å². The maximum Gasteiger partial charge on any atom is 0.416 e. The quantitative estimate of drug-likeness (QED) is 0.576. The molecule has 0 saturated carbocycles. The predicted molar refractivity (Wildman–Crippen MR) is 100 cm³/mol. The van der Waals surface area contributed by atoms with Crippen LogP contribution in [0.5, 0.6) is 0 Å². The van der Waals surface area contributed by atoms with Gasteiger partial charge in [-0.05, 0) is 35.4 Å². The fraction of sp³-hybridized carbons (Fsp3) is 0.200. The highest BCUT2D eigenvalue weighted by Crippen LogP contribution is 2.35. The molecule has 1 aromatic heterocycles. The molecule has 1 aliphatic heterocycles. The summed E-state index contributed by atoms with van der Waals surface area (Å²) in [5.74, 6) is -0.113. The minimum atomic E-state index is -4.38. The number of hydrogen-bond acceptors (Lipinski definition) is 2. The molecule has 4 nitrogen and oxygen atoms in total. The lowest BCUT2D eigenvalue weighted by Crippen LogP contribution is -2.42. The Balaban J connectivity index is 1.69. The van der Waals surface area contributed by atoms with Crippen LogP contribution < -0.4 is 0 Å². The molecule has 0 radical (unpaired) electrons. The first-order chi connectivity index (χ1) is 13.3. The molecule has 1 atom stereocenters. The summed E-state index contributed by atoms with van der Waals surface area (Å²) in [6, 6.07) is 12.2. The zero-order valence-electron chi connectivity index (χ0n) is 14.5. The van der Waals surface area contributed by atoms with Crippen molar-refractivity contribution in [2.75, 3.05) is 0 Å². The number of imidazole rings is 1. The Morgan fingerprint density at radius 2 is 1.75 bits per heavy atom. The fourth-order valence-corrected chi connectivity index (χ4v) is 3.67. The molecule has 28 heavy (non-hydrogen) atoms. The highest BCUT2D eigenvalue weighted by atomic mass is 79.9. The summed E-state index contributed by atoms with van der Waals surface area (Å²) in [6.07, 6.45) is -1.04. The molecule has 0 saturated heterocycles. The summed E-state index contributed by atoms with van der Waals surface area (Å²) in [5.41, 5.74) is 1.71. The monoisotopic (exact) mass is 449 g/mol. The van der Waals surface area contributed by atoms with Crippen LogP contribution in [0.25, 0.3) is 0 Å². The van der Waals surface area contributed by atoms with E-state index >= 15 is 0 Å². The molecule has 0 fully saturated rings. The Labute approximate surface area is 167 Å². The van der Waals surface area contributed by atoms with E-state index in [0.717, 1.165) is 27.9 Å². The molecule has 1 amide bonds. The van der Waals surface area contributed by atoms with Crippen molar-refractivity contribution in [1.82, 2.24) is 14.5 Å². The molecule has 2 aromatic carbocycles. The number of aromatic nitrogens is 2. The van der Waals surface area contributed by atoms with Crippen molar-refractivity contribution in [2.24, 2.45) is 0 Å². The van der Waals surface area contributed by atoms with Gasteiger partial charge in [0.05, 0.1) is 29.8 Å². The van der Waals surface area contributed by atoms with Gasteiger partial charge in [-0.25, -0.2) is 4.98 Å². The summed E-state index contributed by atoms with van der Waals surface area (Å²) < 4.78 is 41.1. The second kappa shape index (κ2) is 7.09. The first-order valence-corrected chi connectivity index (χ1v) is 9.33. The van der Waals surface area contributed by atoms with Gasteiger partial charge in [0.2, 0.25) is 5.91 Å². The van der Waals surface area contributed by atoms with Crippen molar-refractivity contribution in [3.63, 3.8) is 0 Å². The molecule has 0 aliphatic carbocycles. The van der Waals surface area contributed by atoms with E-state index in [1.807, 2.05) is 24.3 Å². The lowest BCUT2D eigenvalue weighted by atomic mass is 9.99. The van der Waals surface area contributed by atoms with E-state index in [2.05, 4.69) is 20.9 Å². The number of alkyl halides is 3. The fourth-order valence-electron chi connectivity index (χ4n) is 3.40. The van der Waals surface area contributed by atoms with E-state index in [1.54, 1.807) is 22.0 Å². The van der Waals surface area contributed by atoms with E-state index in [9.17, 15) is 18.0 Å². The molecular weight excluding hydrogens is 435 g/mol. The number of fused-ring (bicyclic) bond motifs is 1. The van der Waals surface area contributed by atoms with Crippen molar-refractivity contribution in [1.29, 1.82) is 0 Å². The van der Waals surface area contributed by atoms with E-state index in [-0.39, 0.29) is 25.0 Å². The molecular formula is C20H15BrF3N3O. The van der Waals surface area contributed by atoms with Gasteiger partial charge in [-0.15, -0.1) is 0 Å². The number of rotatable bonds is 3. The molecule has 2 heterocycles. The molecule has 1 aliphatic rings. The molecule has 4 rings (SSSR count). The SMILES string of the molecule is O=C1Cn2cncc2C(c2ccc(Br)cc2)N1Cc1ccc(C(F)(F)F)cc1. The van der Waals surface area contributed by atoms with E-state index < -0.39 is 11.7 Å². The standard InChI is InChI=1S/C20H15BrF3N3O/c21-16-7-3-14(4-8-16)19-17-9-25-12-26(17)11-18(28)27(19)10-13-1-5-15(6-2-13)20(22,23)24/h1-9,12,19H,10-11H2. The van der Waals surface area contributed by atoms with Gasteiger partial charge >= 0.3 is 6.18 Å². The van der Waals surface area contributed by atoms with Gasteiger partial charge in [0.25, 0.3) is 0 Å². The topological polar surface area (TPSA) is 38.1 Å². The molecule has 144 valence electrons. The van der Waals surface area contributed by atoms with Crippen molar-refractivity contribution in [3.8, 4) is 0 Å². The number of halogens is 4. The van der Waals surface area contributed by atoms with E-state index in [1.165, 1.54) is 12.1 Å². The van der Waals surface area contributed by atoms with Gasteiger partial charge in [-0.1, -0.05) is 40.2 Å². The van der Waals surface area contributed by atoms with Crippen molar-refractivity contribution >= 4 is 21.8 Å². The van der Waals surface area contributed by atoms with Crippen LogP contribution in [-0.4, -0.2) is 20.4 Å². The van der Waals surface area contributed by atoms with Crippen LogP contribution in [0.4, 0.5) is 13.2 Å². The van der Waals surface area contributed by atoms with Crippen molar-refractivity contribution in [2.45, 2.75) is 25.3 Å². The van der Waals surface area contributed by atoms with Gasteiger partial charge in [-0.2, -0.15) is 13.2 Å². The van der Waals surface area contributed by atoms with Gasteiger partial charge in [0.1, 0.15) is 6.54 Å². The van der Waals surface area contributed by atoms with Crippen molar-refractivity contribution < 1.29 is 18.0 Å². The van der Waals surface area contributed by atoms with Gasteiger partial charge < -0.3 is 9.47 Å². The normalized spacial score (nSPS) is 16.9. The summed E-state index contributed by atoms with van der Waals surface area (Å²) in [7, 11) is 0. The summed E-state index contributed by atoms with van der Waals surface area (Å²) in [6.45, 7) is 0.367. The number of carbonyl (C=O) groups is 1. The third kappa shape index (κ3) is 3.56. The first kappa shape index (κ1) is 18.7. The largest absolute Gasteiger partial charge is 0.416 e. The molecule has 3 aromatic rings. The summed E-state index contributed by atoms with van der Waals surface area (Å²) in [4.78, 5) is 18.7. The molecule has 8 heteroatoms. The van der Waals surface area contributed by atoms with Crippen LogP contribution >= 0.6 is 15.9 Å². The van der Waals surface area contributed by atoms with Crippen LogP contribution in [0.3, 0.4) is 0 Å². The molecule has 0 N–H and O–H groups in total. The van der Waals surface area contributed by atoms with Crippen LogP contribution in [-0.2, 0) is 24.1 Å². The number of amides is 1. The van der Waals surface area contributed by atoms with Crippen LogP contribution in [0.15, 0.2) is 65.5 Å². The summed E-state index contributed by atoms with van der Waals surface area (Å²) in [5, 5.41) is 0. The van der Waals surface area contributed by atoms with Crippen LogP contribution in [0.2, 0.25) is 0 Å². The maximum absolute atomic E-state index is 12.8. The zero-order chi connectivity index (χ0) is 19.9. The third-order valence-corrected chi connectivity index (χ3v) is 5.31. The minimum absolute atomic E-state index is 0.113. The first-order valence-electron chi connectivity index (χ1n) is 8.54. The predicted octanol–water partition coefficient (Wildman–Crippen LogP) is 4.80. The highest BCUT2D eigenvalue weighted by molar-refractivity contribution is 9.10. The summed E-state index contributed by atoms with van der Waals surface area (Å²) >= 11 is 3.41. The second-order valence-corrected chi connectivity index (χ2v) is 7.53. The Morgan fingerprint density at radius 1 is 1.07 bits per heavy atom. The van der Waals surface area contributed by atoms with Gasteiger partial charge in [0, 0.05) is 11.0 Å². The van der Waals surface area contributed by atoms with Crippen LogP contribution in [0.1, 0.15) is 28.4 Å². The number of nitrogens with zero attached hydrogens (tertiary/aromatic N) is 3. The Morgan fingerprint density at radius 3 is 2.39 bits per heavy atom. The molecule has 1 unspecified atom stereocenters. The Bertz CT molecular complexity index is 997. The third-order valence-electron chi connectivity index (χ3n) is 4.78. The lowest BCUT2D eigenvalue weighted by molar-refractivity contribution is -0.138. The number of benzene rings is 2. The average Bonchev–Trinajstić information content (AvgIpc) is 3.11. The molecule has 0 spiro atoms. The van der Waals surface area contributed by atoms with Gasteiger partial charge in [-0.3, -0.25) is 4.79 Å². The van der Waals surface area contributed by atoms with Gasteiger partial charge in [0.15, 0.2) is 0 Å². The highest BCUT2D eigenvalue weighted by Gasteiger charge is 2.34. The average molecular weight is 450 g/mol. The number of carbonyl (C=O) groups excluding carboxylic acids is 1. The van der Waals surface area contributed by atoms with E-state index in [4.69, 9.17) is 0 Å². The molecule has 0 bridgehead atoms. The smallest absolute Gasteiger partial charge is 0.324 e.